The number of nitrogens with one attached hydrogen (secondary N) is 1. The molecule has 0 aliphatic heterocycles. The largest absolute Gasteiger partial charge is 0.481 e. The molecule has 2 aromatic rings. The predicted molar refractivity (Wildman–Crippen MR) is 74.5 cm³/mol. The van der Waals surface area contributed by atoms with Crippen molar-refractivity contribution in [3.63, 3.8) is 0 Å². The van der Waals surface area contributed by atoms with Gasteiger partial charge < -0.3 is 9.47 Å². The van der Waals surface area contributed by atoms with Crippen LogP contribution in [0.25, 0.3) is 0 Å². The van der Waals surface area contributed by atoms with Crippen molar-refractivity contribution in [3.05, 3.63) is 42.0 Å². The Hall–Kier alpha value is -2.42. The molecule has 0 saturated carbocycles. The Balaban J connectivity index is 2.40. The number of benzene rings is 1. The molecule has 0 spiro atoms. The van der Waals surface area contributed by atoms with Crippen molar-refractivity contribution in [2.75, 3.05) is 18.9 Å². The van der Waals surface area contributed by atoms with Crippen LogP contribution in [0.5, 0.6) is 11.8 Å². The summed E-state index contributed by atoms with van der Waals surface area (Å²) in [4.78, 5) is 3.21. The lowest BCUT2D eigenvalue weighted by molar-refractivity contribution is 0.366. The Kier molecular flexibility index (Phi) is 4.45. The maximum atomic E-state index is 13.6. The number of aromatic nitrogens is 1. The number of halogens is 2. The predicted octanol–water partition coefficient (Wildman–Crippen LogP) is 2.18. The number of pyridine rings is 1. The third-order valence-corrected chi connectivity index (χ3v) is 4.06. The maximum absolute atomic E-state index is 13.6. The van der Waals surface area contributed by atoms with Gasteiger partial charge in [-0.25, -0.2) is 17.2 Å². The highest BCUT2D eigenvalue weighted by atomic mass is 32.2. The third-order valence-electron chi connectivity index (χ3n) is 2.66. The fraction of sp³-hybridized carbons (Fsp3) is 0.154. The molecular weight excluding hydrogens is 318 g/mol. The van der Waals surface area contributed by atoms with Gasteiger partial charge in [-0.3, -0.25) is 4.72 Å². The van der Waals surface area contributed by atoms with Gasteiger partial charge in [0.15, 0.2) is 0 Å². The molecule has 9 heteroatoms. The fourth-order valence-corrected chi connectivity index (χ4v) is 2.78. The molecule has 1 aromatic heterocycles. The summed E-state index contributed by atoms with van der Waals surface area (Å²) in [5.74, 6) is -1.91. The summed E-state index contributed by atoms with van der Waals surface area (Å²) >= 11 is 0. The van der Waals surface area contributed by atoms with E-state index in [0.29, 0.717) is 6.07 Å². The van der Waals surface area contributed by atoms with Crippen molar-refractivity contribution in [1.29, 1.82) is 0 Å². The van der Waals surface area contributed by atoms with Crippen molar-refractivity contribution in [2.45, 2.75) is 4.90 Å². The zero-order valence-electron chi connectivity index (χ0n) is 11.6. The molecule has 0 amide bonds. The molecule has 0 atom stereocenters. The number of sulfonamides is 1. The molecule has 1 aromatic carbocycles. The Bertz CT molecular complexity index is 797. The Labute approximate surface area is 125 Å². The van der Waals surface area contributed by atoms with Crippen molar-refractivity contribution in [2.24, 2.45) is 0 Å². The van der Waals surface area contributed by atoms with Crippen molar-refractivity contribution < 1.29 is 26.7 Å². The monoisotopic (exact) mass is 330 g/mol. The Morgan fingerprint density at radius 3 is 2.41 bits per heavy atom. The zero-order valence-corrected chi connectivity index (χ0v) is 12.4. The lowest BCUT2D eigenvalue weighted by Crippen LogP contribution is -2.15. The van der Waals surface area contributed by atoms with Gasteiger partial charge in [0, 0.05) is 12.1 Å². The molecule has 6 nitrogen and oxygen atoms in total. The van der Waals surface area contributed by atoms with E-state index in [1.54, 1.807) is 0 Å². The van der Waals surface area contributed by atoms with Gasteiger partial charge in [-0.1, -0.05) is 0 Å². The number of rotatable bonds is 5. The number of hydrogen-bond acceptors (Lipinski definition) is 5. The number of hydrogen-bond donors (Lipinski definition) is 1. The summed E-state index contributed by atoms with van der Waals surface area (Å²) in [5.41, 5.74) is -0.00738. The number of ether oxygens (including phenoxy) is 2. The molecule has 0 aliphatic carbocycles. The first kappa shape index (κ1) is 16.0. The molecule has 0 bridgehead atoms. The SMILES string of the molecule is COc1ccc(NS(=O)(=O)c2ccc(F)cc2F)c(OC)n1. The van der Waals surface area contributed by atoms with E-state index in [9.17, 15) is 17.2 Å². The van der Waals surface area contributed by atoms with Gasteiger partial charge in [-0.2, -0.15) is 4.98 Å². The van der Waals surface area contributed by atoms with Crippen LogP contribution in [0.4, 0.5) is 14.5 Å². The van der Waals surface area contributed by atoms with Gasteiger partial charge in [0.2, 0.25) is 11.8 Å². The van der Waals surface area contributed by atoms with E-state index in [0.717, 1.165) is 12.1 Å². The van der Waals surface area contributed by atoms with Crippen molar-refractivity contribution in [1.82, 2.24) is 4.98 Å². The number of methoxy groups -OCH3 is 2. The minimum atomic E-state index is -4.27. The van der Waals surface area contributed by atoms with E-state index in [4.69, 9.17) is 9.47 Å². The molecule has 1 heterocycles. The van der Waals surface area contributed by atoms with Crippen LogP contribution in [-0.2, 0) is 10.0 Å². The summed E-state index contributed by atoms with van der Waals surface area (Å²) in [7, 11) is -1.59. The van der Waals surface area contributed by atoms with Crippen LogP contribution < -0.4 is 14.2 Å². The van der Waals surface area contributed by atoms with Crippen LogP contribution in [0.3, 0.4) is 0 Å². The van der Waals surface area contributed by atoms with Crippen LogP contribution in [0.2, 0.25) is 0 Å². The highest BCUT2D eigenvalue weighted by molar-refractivity contribution is 7.92. The zero-order chi connectivity index (χ0) is 16.3. The second-order valence-electron chi connectivity index (χ2n) is 4.09. The quantitative estimate of drug-likeness (QED) is 0.909. The Morgan fingerprint density at radius 1 is 1.09 bits per heavy atom. The third kappa shape index (κ3) is 3.25. The summed E-state index contributed by atoms with van der Waals surface area (Å²) in [6.45, 7) is 0. The first-order valence-corrected chi connectivity index (χ1v) is 7.42. The van der Waals surface area contributed by atoms with Gasteiger partial charge in [-0.15, -0.1) is 0 Å². The van der Waals surface area contributed by atoms with Crippen LogP contribution in [-0.4, -0.2) is 27.6 Å². The highest BCUT2D eigenvalue weighted by Gasteiger charge is 2.21. The summed E-state index contributed by atoms with van der Waals surface area (Å²) in [5, 5.41) is 0. The maximum Gasteiger partial charge on any atom is 0.264 e. The van der Waals surface area contributed by atoms with Crippen molar-refractivity contribution in [3.8, 4) is 11.8 Å². The lowest BCUT2D eigenvalue weighted by atomic mass is 10.3. The van der Waals surface area contributed by atoms with Crippen LogP contribution in [0.15, 0.2) is 35.2 Å². The van der Waals surface area contributed by atoms with Gasteiger partial charge in [-0.05, 0) is 18.2 Å². The van der Waals surface area contributed by atoms with Gasteiger partial charge in [0.1, 0.15) is 22.2 Å². The molecule has 0 unspecified atom stereocenters. The molecule has 1 N–H and O–H groups in total. The highest BCUT2D eigenvalue weighted by Crippen LogP contribution is 2.28. The van der Waals surface area contributed by atoms with Crippen LogP contribution in [0.1, 0.15) is 0 Å². The van der Waals surface area contributed by atoms with E-state index < -0.39 is 26.6 Å². The molecule has 0 radical (unpaired) electrons. The normalized spacial score (nSPS) is 11.1. The average Bonchev–Trinajstić information content (AvgIpc) is 2.46. The van der Waals surface area contributed by atoms with Crippen LogP contribution >= 0.6 is 0 Å². The minimum Gasteiger partial charge on any atom is -0.481 e. The smallest absolute Gasteiger partial charge is 0.264 e. The summed E-state index contributed by atoms with van der Waals surface area (Å²) in [6.07, 6.45) is 0. The summed E-state index contributed by atoms with van der Waals surface area (Å²) in [6, 6.07) is 4.92. The average molecular weight is 330 g/mol. The number of anilines is 1. The van der Waals surface area contributed by atoms with Crippen molar-refractivity contribution >= 4 is 15.7 Å². The molecule has 2 rings (SSSR count). The molecule has 0 fully saturated rings. The molecular formula is C13H12F2N2O4S. The van der Waals surface area contributed by atoms with Gasteiger partial charge >= 0.3 is 0 Å². The standard InChI is InChI=1S/C13H12F2N2O4S/c1-20-12-6-4-10(13(16-12)21-2)17-22(18,19)11-5-3-8(14)7-9(11)15/h3-7,17H,1-2H3. The second-order valence-corrected chi connectivity index (χ2v) is 5.74. The molecule has 0 saturated heterocycles. The minimum absolute atomic E-state index is 0.00738. The van der Waals surface area contributed by atoms with Crippen LogP contribution in [0, 0.1) is 11.6 Å². The van der Waals surface area contributed by atoms with E-state index in [1.165, 1.54) is 26.4 Å². The Morgan fingerprint density at radius 2 is 1.82 bits per heavy atom. The van der Waals surface area contributed by atoms with E-state index in [-0.39, 0.29) is 17.4 Å². The fourth-order valence-electron chi connectivity index (χ4n) is 1.66. The molecule has 118 valence electrons. The number of nitrogens with zero attached hydrogens (tertiary/aromatic N) is 1. The second kappa shape index (κ2) is 6.14. The molecule has 0 aliphatic rings. The van der Waals surface area contributed by atoms with E-state index in [2.05, 4.69) is 9.71 Å². The summed E-state index contributed by atoms with van der Waals surface area (Å²) < 4.78 is 62.8. The topological polar surface area (TPSA) is 77.5 Å². The first-order chi connectivity index (χ1) is 10.4. The van der Waals surface area contributed by atoms with Gasteiger partial charge in [0.25, 0.3) is 10.0 Å². The van der Waals surface area contributed by atoms with E-state index >= 15 is 0 Å². The first-order valence-electron chi connectivity index (χ1n) is 5.94. The van der Waals surface area contributed by atoms with E-state index in [1.807, 2.05) is 0 Å². The lowest BCUT2D eigenvalue weighted by Gasteiger charge is -2.12. The van der Waals surface area contributed by atoms with Gasteiger partial charge in [0.05, 0.1) is 14.2 Å². The molecule has 22 heavy (non-hydrogen) atoms.